The molecule has 0 radical (unpaired) electrons. The summed E-state index contributed by atoms with van der Waals surface area (Å²) < 4.78 is 20.8. The molecule has 5 N–H and O–H groups in total. The van der Waals surface area contributed by atoms with E-state index in [4.69, 9.17) is 10.5 Å². The van der Waals surface area contributed by atoms with Crippen LogP contribution in [0, 0.1) is 25.1 Å². The molecule has 1 saturated heterocycles. The number of unbranched alkanes of at least 4 members (excludes halogenated alkanes) is 3. The zero-order valence-electron chi connectivity index (χ0n) is 32.4. The predicted octanol–water partition coefficient (Wildman–Crippen LogP) is 6.07. The van der Waals surface area contributed by atoms with Gasteiger partial charge in [0.05, 0.1) is 34.8 Å². The molecule has 294 valence electrons. The van der Waals surface area contributed by atoms with Gasteiger partial charge in [-0.25, -0.2) is 9.37 Å². The van der Waals surface area contributed by atoms with Crippen LogP contribution in [0.3, 0.4) is 0 Å². The third-order valence-electron chi connectivity index (χ3n) is 9.74. The summed E-state index contributed by atoms with van der Waals surface area (Å²) in [6.45, 7) is 11.6. The highest BCUT2D eigenvalue weighted by Gasteiger charge is 2.44. The van der Waals surface area contributed by atoms with Gasteiger partial charge in [-0.1, -0.05) is 57.5 Å². The average Bonchev–Trinajstić information content (AvgIpc) is 3.72. The molecule has 11 nitrogen and oxygen atoms in total. The number of hydrogen-bond donors (Lipinski definition) is 4. The van der Waals surface area contributed by atoms with E-state index in [9.17, 15) is 24.3 Å². The van der Waals surface area contributed by atoms with E-state index in [0.29, 0.717) is 44.1 Å². The number of carbonyl (C=O) groups excluding carboxylic acids is 4. The predicted molar refractivity (Wildman–Crippen MR) is 208 cm³/mol. The van der Waals surface area contributed by atoms with Crippen molar-refractivity contribution in [1.29, 1.82) is 0 Å². The molecular formula is C41H56FN5O6S. The quantitative estimate of drug-likeness (QED) is 0.114. The standard InChI is InChI=1S/C41H56FN5O6S/c1-25-20-30(36(42)33(21-25)53-19-11-10-13-34(43)49)12-8-7-9-14-35(50)46-38(41(4,5)6)40(52)47-23-31(48)22-32(47)39(51)45-26(2)28-15-17-29(18-16-28)37-27(3)44-24-54-37/h15-18,20-21,24,26,31-32,38,48H,7-14,19,22-23H2,1-6H3,(H2,43,49)(H,45,51)(H,46,50)/t26-,31+,32-,38+/m0/s1. The first kappa shape index (κ1) is 42.4. The zero-order valence-corrected chi connectivity index (χ0v) is 33.2. The molecule has 4 rings (SSSR count). The van der Waals surface area contributed by atoms with Crippen molar-refractivity contribution in [3.05, 3.63) is 70.1 Å². The van der Waals surface area contributed by atoms with E-state index >= 15 is 4.39 Å². The number of benzene rings is 2. The molecule has 4 amide bonds. The van der Waals surface area contributed by atoms with Crippen LogP contribution in [0.4, 0.5) is 4.39 Å². The molecule has 1 aliphatic heterocycles. The number of amides is 4. The number of ether oxygens (including phenoxy) is 1. The van der Waals surface area contributed by atoms with Crippen molar-refractivity contribution in [3.8, 4) is 16.2 Å². The van der Waals surface area contributed by atoms with E-state index in [1.807, 2.05) is 71.3 Å². The lowest BCUT2D eigenvalue weighted by atomic mass is 9.85. The lowest BCUT2D eigenvalue weighted by Crippen LogP contribution is -2.57. The van der Waals surface area contributed by atoms with Crippen molar-refractivity contribution in [2.75, 3.05) is 13.2 Å². The van der Waals surface area contributed by atoms with E-state index in [1.54, 1.807) is 23.5 Å². The topological polar surface area (TPSA) is 164 Å². The largest absolute Gasteiger partial charge is 0.490 e. The molecular weight excluding hydrogens is 710 g/mol. The van der Waals surface area contributed by atoms with Crippen LogP contribution >= 0.6 is 11.3 Å². The highest BCUT2D eigenvalue weighted by molar-refractivity contribution is 7.13. The van der Waals surface area contributed by atoms with Crippen LogP contribution in [0.15, 0.2) is 41.9 Å². The second-order valence-electron chi connectivity index (χ2n) is 15.5. The van der Waals surface area contributed by atoms with E-state index in [-0.39, 0.29) is 61.9 Å². The van der Waals surface area contributed by atoms with Crippen LogP contribution in [0.5, 0.6) is 5.75 Å². The minimum absolute atomic E-state index is 0.00574. The molecule has 1 aliphatic rings. The van der Waals surface area contributed by atoms with Gasteiger partial charge in [0.15, 0.2) is 11.6 Å². The van der Waals surface area contributed by atoms with Crippen molar-refractivity contribution in [3.63, 3.8) is 0 Å². The third kappa shape index (κ3) is 11.8. The molecule has 2 heterocycles. The Morgan fingerprint density at radius 1 is 1.04 bits per heavy atom. The number of thiazole rings is 1. The van der Waals surface area contributed by atoms with E-state index < -0.39 is 35.3 Å². The van der Waals surface area contributed by atoms with Crippen LogP contribution < -0.4 is 21.1 Å². The number of rotatable bonds is 18. The number of carbonyl (C=O) groups is 4. The van der Waals surface area contributed by atoms with Crippen molar-refractivity contribution < 1.29 is 33.4 Å². The Labute approximate surface area is 322 Å². The summed E-state index contributed by atoms with van der Waals surface area (Å²) in [5, 5.41) is 16.5. The van der Waals surface area contributed by atoms with E-state index in [1.165, 1.54) is 4.90 Å². The Balaban J connectivity index is 1.28. The van der Waals surface area contributed by atoms with Crippen LogP contribution in [0.1, 0.15) is 107 Å². The summed E-state index contributed by atoms with van der Waals surface area (Å²) in [6.07, 6.45) is 3.21. The number of likely N-dealkylation sites (tertiary alicyclic amines) is 1. The fraction of sp³-hybridized carbons (Fsp3) is 0.537. The van der Waals surface area contributed by atoms with Crippen molar-refractivity contribution in [1.82, 2.24) is 20.5 Å². The van der Waals surface area contributed by atoms with Gasteiger partial charge in [0, 0.05) is 25.8 Å². The highest BCUT2D eigenvalue weighted by Crippen LogP contribution is 2.30. The molecule has 0 saturated carbocycles. The van der Waals surface area contributed by atoms with Crippen LogP contribution in [0.2, 0.25) is 0 Å². The lowest BCUT2D eigenvalue weighted by Gasteiger charge is -2.35. The van der Waals surface area contributed by atoms with Crippen molar-refractivity contribution in [2.45, 2.75) is 124 Å². The minimum Gasteiger partial charge on any atom is -0.490 e. The number of aliphatic hydroxyl groups is 1. The molecule has 13 heteroatoms. The summed E-state index contributed by atoms with van der Waals surface area (Å²) in [5.74, 6) is -1.64. The van der Waals surface area contributed by atoms with E-state index in [0.717, 1.165) is 27.3 Å². The molecule has 4 atom stereocenters. The highest BCUT2D eigenvalue weighted by atomic mass is 32.1. The fourth-order valence-corrected chi connectivity index (χ4v) is 7.52. The van der Waals surface area contributed by atoms with Gasteiger partial charge in [-0.05, 0) is 86.6 Å². The van der Waals surface area contributed by atoms with Crippen LogP contribution in [0.25, 0.3) is 10.4 Å². The maximum absolute atomic E-state index is 15.2. The number of aromatic nitrogens is 1. The van der Waals surface area contributed by atoms with Gasteiger partial charge in [-0.3, -0.25) is 19.2 Å². The number of aliphatic hydroxyl groups excluding tert-OH is 1. The number of β-amino-alcohol motifs (C(OH)–C–C–N with tert-alkyl or cyclic N) is 1. The summed E-state index contributed by atoms with van der Waals surface area (Å²) in [4.78, 5) is 58.5. The summed E-state index contributed by atoms with van der Waals surface area (Å²) >= 11 is 1.57. The van der Waals surface area contributed by atoms with E-state index in [2.05, 4.69) is 15.6 Å². The van der Waals surface area contributed by atoms with Crippen LogP contribution in [-0.4, -0.2) is 70.0 Å². The molecule has 1 aromatic heterocycles. The molecule has 3 aromatic rings. The first-order chi connectivity index (χ1) is 25.5. The summed E-state index contributed by atoms with van der Waals surface area (Å²) in [6, 6.07) is 9.24. The Hall–Kier alpha value is -4.36. The SMILES string of the molecule is Cc1cc(CCCCCC(=O)N[C@H](C(=O)N2C[C@H](O)C[C@H]2C(=O)N[C@@H](C)c2ccc(-c3scnc3C)cc2)C(C)(C)C)c(F)c(OCCCCC(N)=O)c1. The van der Waals surface area contributed by atoms with Gasteiger partial charge in [0.2, 0.25) is 23.6 Å². The van der Waals surface area contributed by atoms with Crippen LogP contribution in [-0.2, 0) is 25.6 Å². The number of nitrogens with two attached hydrogens (primary N) is 1. The third-order valence-corrected chi connectivity index (χ3v) is 10.7. The van der Waals surface area contributed by atoms with Gasteiger partial charge in [0.1, 0.15) is 12.1 Å². The molecule has 2 aromatic carbocycles. The van der Waals surface area contributed by atoms with Gasteiger partial charge in [0.25, 0.3) is 0 Å². The zero-order chi connectivity index (χ0) is 39.6. The first-order valence-corrected chi connectivity index (χ1v) is 19.7. The molecule has 0 spiro atoms. The minimum atomic E-state index is -0.915. The number of hydrogen-bond acceptors (Lipinski definition) is 8. The lowest BCUT2D eigenvalue weighted by molar-refractivity contribution is -0.144. The molecule has 0 aliphatic carbocycles. The monoisotopic (exact) mass is 765 g/mol. The summed E-state index contributed by atoms with van der Waals surface area (Å²) in [5.41, 5.74) is 10.6. The maximum Gasteiger partial charge on any atom is 0.246 e. The summed E-state index contributed by atoms with van der Waals surface area (Å²) in [7, 11) is 0. The second-order valence-corrected chi connectivity index (χ2v) is 16.3. The average molecular weight is 766 g/mol. The molecule has 1 fully saturated rings. The number of halogens is 1. The number of nitrogens with one attached hydrogen (secondary N) is 2. The molecule has 54 heavy (non-hydrogen) atoms. The van der Waals surface area contributed by atoms with Gasteiger partial charge in [-0.2, -0.15) is 0 Å². The Morgan fingerprint density at radius 3 is 2.39 bits per heavy atom. The molecule has 0 bridgehead atoms. The van der Waals surface area contributed by atoms with Crippen molar-refractivity contribution >= 4 is 35.0 Å². The Kier molecular flexibility index (Phi) is 15.1. The smallest absolute Gasteiger partial charge is 0.246 e. The van der Waals surface area contributed by atoms with Gasteiger partial charge in [-0.15, -0.1) is 11.3 Å². The number of aryl methyl sites for hydroxylation is 3. The Bertz CT molecular complexity index is 1760. The first-order valence-electron chi connectivity index (χ1n) is 18.8. The Morgan fingerprint density at radius 2 is 1.74 bits per heavy atom. The maximum atomic E-state index is 15.2. The number of primary amides is 1. The van der Waals surface area contributed by atoms with Crippen molar-refractivity contribution in [2.24, 2.45) is 11.1 Å². The molecule has 0 unspecified atom stereocenters. The normalized spacial score (nSPS) is 16.9. The second kappa shape index (κ2) is 19.3. The number of nitrogens with zero attached hydrogens (tertiary/aromatic N) is 2. The van der Waals surface area contributed by atoms with Gasteiger partial charge >= 0.3 is 0 Å². The fourth-order valence-electron chi connectivity index (χ4n) is 6.70. The van der Waals surface area contributed by atoms with Gasteiger partial charge < -0.3 is 31.1 Å².